The SMILES string of the molecule is CCOc1cccc2sc(N(CC[NH+](C)C)C(=O)c3cccc(C)c3)nc12. The summed E-state index contributed by atoms with van der Waals surface area (Å²) in [4.78, 5) is 21.1. The van der Waals surface area contributed by atoms with Gasteiger partial charge in [0.2, 0.25) is 0 Å². The van der Waals surface area contributed by atoms with Gasteiger partial charge in [0.15, 0.2) is 5.13 Å². The number of carbonyl (C=O) groups excluding carboxylic acids is 1. The molecule has 1 N–H and O–H groups in total. The summed E-state index contributed by atoms with van der Waals surface area (Å²) in [5.41, 5.74) is 2.58. The number of para-hydroxylation sites is 1. The van der Waals surface area contributed by atoms with E-state index in [0.29, 0.717) is 23.8 Å². The fraction of sp³-hybridized carbons (Fsp3) is 0.333. The van der Waals surface area contributed by atoms with E-state index in [1.165, 1.54) is 16.2 Å². The van der Waals surface area contributed by atoms with Gasteiger partial charge in [-0.15, -0.1) is 0 Å². The number of benzene rings is 2. The Bertz CT molecular complexity index is 936. The van der Waals surface area contributed by atoms with Crippen LogP contribution in [0.3, 0.4) is 0 Å². The normalized spacial score (nSPS) is 11.1. The van der Waals surface area contributed by atoms with Crippen molar-refractivity contribution in [1.82, 2.24) is 4.98 Å². The highest BCUT2D eigenvalue weighted by Gasteiger charge is 2.23. The second kappa shape index (κ2) is 8.50. The molecular formula is C21H26N3O2S+. The van der Waals surface area contributed by atoms with E-state index in [4.69, 9.17) is 9.72 Å². The average molecular weight is 385 g/mol. The molecule has 0 radical (unpaired) electrons. The van der Waals surface area contributed by atoms with E-state index in [1.54, 1.807) is 4.90 Å². The smallest absolute Gasteiger partial charge is 0.260 e. The van der Waals surface area contributed by atoms with Crippen LogP contribution in [0.15, 0.2) is 42.5 Å². The summed E-state index contributed by atoms with van der Waals surface area (Å²) in [6.07, 6.45) is 0. The molecule has 142 valence electrons. The molecule has 5 nitrogen and oxygen atoms in total. The molecule has 3 aromatic rings. The molecule has 0 bridgehead atoms. The van der Waals surface area contributed by atoms with Crippen LogP contribution in [0.4, 0.5) is 5.13 Å². The molecule has 2 aromatic carbocycles. The number of aromatic nitrogens is 1. The zero-order valence-corrected chi connectivity index (χ0v) is 17.1. The number of ether oxygens (including phenoxy) is 1. The first-order chi connectivity index (χ1) is 13.0. The largest absolute Gasteiger partial charge is 0.492 e. The first-order valence-electron chi connectivity index (χ1n) is 9.19. The van der Waals surface area contributed by atoms with Crippen LogP contribution in [0.2, 0.25) is 0 Å². The maximum Gasteiger partial charge on any atom is 0.260 e. The van der Waals surface area contributed by atoms with Gasteiger partial charge in [-0.3, -0.25) is 9.69 Å². The predicted octanol–water partition coefficient (Wildman–Crippen LogP) is 2.79. The molecule has 0 spiro atoms. The Hall–Kier alpha value is -2.44. The number of hydrogen-bond acceptors (Lipinski definition) is 4. The summed E-state index contributed by atoms with van der Waals surface area (Å²) in [6, 6.07) is 13.6. The number of fused-ring (bicyclic) bond motifs is 1. The standard InChI is InChI=1S/C21H25N3O2S/c1-5-26-17-10-7-11-18-19(17)22-21(27-18)24(13-12-23(3)4)20(25)16-9-6-8-15(2)14-16/h6-11,14H,5,12-13H2,1-4H3/p+1. The van der Waals surface area contributed by atoms with Crippen LogP contribution in [-0.4, -0.2) is 44.7 Å². The molecule has 0 aliphatic heterocycles. The van der Waals surface area contributed by atoms with Gasteiger partial charge in [0.25, 0.3) is 5.91 Å². The molecule has 0 saturated carbocycles. The van der Waals surface area contributed by atoms with Gasteiger partial charge < -0.3 is 9.64 Å². The minimum atomic E-state index is -0.0167. The van der Waals surface area contributed by atoms with Gasteiger partial charge >= 0.3 is 0 Å². The first-order valence-corrected chi connectivity index (χ1v) is 10.0. The molecular weight excluding hydrogens is 358 g/mol. The number of thiazole rings is 1. The Morgan fingerprint density at radius 1 is 1.22 bits per heavy atom. The van der Waals surface area contributed by atoms with Gasteiger partial charge in [-0.05, 0) is 38.1 Å². The van der Waals surface area contributed by atoms with Crippen molar-refractivity contribution < 1.29 is 14.4 Å². The highest BCUT2D eigenvalue weighted by atomic mass is 32.1. The van der Waals surface area contributed by atoms with E-state index in [0.717, 1.165) is 28.1 Å². The summed E-state index contributed by atoms with van der Waals surface area (Å²) in [7, 11) is 4.17. The zero-order valence-electron chi connectivity index (χ0n) is 16.3. The number of nitrogens with zero attached hydrogens (tertiary/aromatic N) is 2. The summed E-state index contributed by atoms with van der Waals surface area (Å²) in [5.74, 6) is 0.746. The maximum atomic E-state index is 13.2. The van der Waals surface area contributed by atoms with Gasteiger partial charge in [-0.25, -0.2) is 4.98 Å². The number of anilines is 1. The molecule has 1 amide bonds. The number of quaternary nitrogens is 1. The van der Waals surface area contributed by atoms with Gasteiger partial charge in [0.1, 0.15) is 11.3 Å². The molecule has 0 unspecified atom stereocenters. The summed E-state index contributed by atoms with van der Waals surface area (Å²) < 4.78 is 6.73. The molecule has 27 heavy (non-hydrogen) atoms. The summed E-state index contributed by atoms with van der Waals surface area (Å²) in [5, 5.41) is 0.713. The van der Waals surface area contributed by atoms with E-state index >= 15 is 0 Å². The Kier molecular flexibility index (Phi) is 6.08. The molecule has 6 heteroatoms. The molecule has 0 saturated heterocycles. The first kappa shape index (κ1) is 19.3. The maximum absolute atomic E-state index is 13.2. The molecule has 0 fully saturated rings. The number of rotatable bonds is 7. The zero-order chi connectivity index (χ0) is 19.4. The second-order valence-corrected chi connectivity index (χ2v) is 7.82. The molecule has 1 heterocycles. The highest BCUT2D eigenvalue weighted by Crippen LogP contribution is 2.34. The lowest BCUT2D eigenvalue weighted by Gasteiger charge is -2.21. The Morgan fingerprint density at radius 3 is 2.70 bits per heavy atom. The molecule has 3 rings (SSSR count). The molecule has 0 aliphatic carbocycles. The predicted molar refractivity (Wildman–Crippen MR) is 111 cm³/mol. The second-order valence-electron chi connectivity index (χ2n) is 6.82. The van der Waals surface area contributed by atoms with Crippen LogP contribution in [0.25, 0.3) is 10.2 Å². The van der Waals surface area contributed by atoms with E-state index in [-0.39, 0.29) is 5.91 Å². The third-order valence-electron chi connectivity index (χ3n) is 4.25. The lowest BCUT2D eigenvalue weighted by Crippen LogP contribution is -3.06. The number of nitrogens with one attached hydrogen (secondary N) is 1. The summed E-state index contributed by atoms with van der Waals surface area (Å²) >= 11 is 1.53. The minimum Gasteiger partial charge on any atom is -0.492 e. The van der Waals surface area contributed by atoms with Crippen molar-refractivity contribution in [2.24, 2.45) is 0 Å². The lowest BCUT2D eigenvalue weighted by molar-refractivity contribution is -0.856. The van der Waals surface area contributed by atoms with Crippen LogP contribution in [0.5, 0.6) is 5.75 Å². The third-order valence-corrected chi connectivity index (χ3v) is 5.29. The molecule has 0 aliphatic rings. The number of carbonyl (C=O) groups is 1. The van der Waals surface area contributed by atoms with Gasteiger partial charge in [0.05, 0.1) is 38.5 Å². The van der Waals surface area contributed by atoms with Gasteiger partial charge in [-0.2, -0.15) is 0 Å². The van der Waals surface area contributed by atoms with Crippen LogP contribution < -0.4 is 14.5 Å². The van der Waals surface area contributed by atoms with Crippen molar-refractivity contribution in [3.63, 3.8) is 0 Å². The van der Waals surface area contributed by atoms with Crippen molar-refractivity contribution in [2.75, 3.05) is 38.7 Å². The van der Waals surface area contributed by atoms with Crippen molar-refractivity contribution in [3.05, 3.63) is 53.6 Å². The van der Waals surface area contributed by atoms with Crippen molar-refractivity contribution in [1.29, 1.82) is 0 Å². The van der Waals surface area contributed by atoms with E-state index < -0.39 is 0 Å². The van der Waals surface area contributed by atoms with Gasteiger partial charge in [0, 0.05) is 5.56 Å². The number of hydrogen-bond donors (Lipinski definition) is 1. The number of aryl methyl sites for hydroxylation is 1. The Balaban J connectivity index is 2.01. The quantitative estimate of drug-likeness (QED) is 0.681. The third kappa shape index (κ3) is 4.46. The monoisotopic (exact) mass is 384 g/mol. The fourth-order valence-electron chi connectivity index (χ4n) is 2.85. The van der Waals surface area contributed by atoms with Crippen molar-refractivity contribution in [2.45, 2.75) is 13.8 Å². The van der Waals surface area contributed by atoms with Crippen LogP contribution >= 0.6 is 11.3 Å². The topological polar surface area (TPSA) is 46.9 Å². The van der Waals surface area contributed by atoms with E-state index in [1.807, 2.05) is 56.3 Å². The number of likely N-dealkylation sites (N-methyl/N-ethyl adjacent to an activating group) is 1. The van der Waals surface area contributed by atoms with Gasteiger partial charge in [-0.1, -0.05) is 35.1 Å². The van der Waals surface area contributed by atoms with Crippen LogP contribution in [0.1, 0.15) is 22.8 Å². The Morgan fingerprint density at radius 2 is 2.00 bits per heavy atom. The minimum absolute atomic E-state index is 0.0167. The van der Waals surface area contributed by atoms with Crippen LogP contribution in [0, 0.1) is 6.92 Å². The van der Waals surface area contributed by atoms with E-state index in [2.05, 4.69) is 14.1 Å². The average Bonchev–Trinajstić information content (AvgIpc) is 3.06. The molecule has 0 atom stereocenters. The Labute approximate surface area is 164 Å². The molecule has 1 aromatic heterocycles. The van der Waals surface area contributed by atoms with Crippen molar-refractivity contribution >= 4 is 32.6 Å². The fourth-order valence-corrected chi connectivity index (χ4v) is 3.86. The highest BCUT2D eigenvalue weighted by molar-refractivity contribution is 7.22. The van der Waals surface area contributed by atoms with Crippen LogP contribution in [-0.2, 0) is 0 Å². The lowest BCUT2D eigenvalue weighted by atomic mass is 10.1. The summed E-state index contributed by atoms with van der Waals surface area (Å²) in [6.45, 7) is 5.99. The number of amides is 1. The van der Waals surface area contributed by atoms with E-state index in [9.17, 15) is 4.79 Å². The van der Waals surface area contributed by atoms with Crippen molar-refractivity contribution in [3.8, 4) is 5.75 Å².